The van der Waals surface area contributed by atoms with Crippen molar-refractivity contribution in [2.75, 3.05) is 25.5 Å². The van der Waals surface area contributed by atoms with Gasteiger partial charge in [-0.3, -0.25) is 4.79 Å². The minimum absolute atomic E-state index is 0.230. The zero-order valence-electron chi connectivity index (χ0n) is 10.6. The van der Waals surface area contributed by atoms with E-state index in [0.29, 0.717) is 17.4 Å². The van der Waals surface area contributed by atoms with Crippen molar-refractivity contribution in [3.05, 3.63) is 17.8 Å². The third kappa shape index (κ3) is 2.95. The van der Waals surface area contributed by atoms with Crippen molar-refractivity contribution in [3.8, 4) is 0 Å². The van der Waals surface area contributed by atoms with E-state index in [1.807, 2.05) is 0 Å². The summed E-state index contributed by atoms with van der Waals surface area (Å²) in [5.74, 6) is 0.957. The van der Waals surface area contributed by atoms with E-state index < -0.39 is 0 Å². The van der Waals surface area contributed by atoms with Crippen molar-refractivity contribution >= 4 is 11.7 Å². The second-order valence-electron chi connectivity index (χ2n) is 4.39. The van der Waals surface area contributed by atoms with Crippen molar-refractivity contribution in [3.63, 3.8) is 0 Å². The summed E-state index contributed by atoms with van der Waals surface area (Å²) in [5.41, 5.74) is 0.320. The highest BCUT2D eigenvalue weighted by Crippen LogP contribution is 2.20. The highest BCUT2D eigenvalue weighted by Gasteiger charge is 2.23. The molecule has 0 bridgehead atoms. The summed E-state index contributed by atoms with van der Waals surface area (Å²) in [5, 5.41) is 13.5. The van der Waals surface area contributed by atoms with Gasteiger partial charge in [0, 0.05) is 26.1 Å². The first kappa shape index (κ1) is 12.8. The molecule has 2 heterocycles. The molecule has 0 radical (unpaired) electrons. The van der Waals surface area contributed by atoms with Crippen LogP contribution < -0.4 is 10.6 Å². The van der Waals surface area contributed by atoms with Crippen molar-refractivity contribution < 1.29 is 9.53 Å². The van der Waals surface area contributed by atoms with Gasteiger partial charge in [-0.1, -0.05) is 0 Å². The van der Waals surface area contributed by atoms with Crippen LogP contribution in [-0.4, -0.2) is 42.4 Å². The van der Waals surface area contributed by atoms with E-state index in [9.17, 15) is 4.79 Å². The molecule has 2 N–H and O–H groups in total. The predicted octanol–water partition coefficient (Wildman–Crippen LogP) is 0.673. The van der Waals surface area contributed by atoms with Gasteiger partial charge >= 0.3 is 0 Å². The van der Waals surface area contributed by atoms with E-state index in [1.54, 1.807) is 19.2 Å². The second-order valence-corrected chi connectivity index (χ2v) is 4.39. The van der Waals surface area contributed by atoms with E-state index in [-0.39, 0.29) is 12.0 Å². The van der Waals surface area contributed by atoms with Gasteiger partial charge in [-0.15, -0.1) is 10.2 Å². The molecule has 1 aromatic heterocycles. The number of hydrogen-bond donors (Lipinski definition) is 2. The number of aromatic nitrogens is 2. The number of nitrogens with zero attached hydrogens (tertiary/aromatic N) is 2. The Kier molecular flexibility index (Phi) is 4.09. The molecule has 0 aliphatic carbocycles. The number of anilines is 1. The molecule has 0 saturated carbocycles. The van der Waals surface area contributed by atoms with Gasteiger partial charge in [-0.25, -0.2) is 0 Å². The molecular formula is C12H18N4O2. The molecule has 6 nitrogen and oxygen atoms in total. The summed E-state index contributed by atoms with van der Waals surface area (Å²) in [7, 11) is 1.57. The second kappa shape index (κ2) is 5.77. The SMILES string of the molecule is CNC(=O)c1ccc(NCC2CCOC2C)nn1. The van der Waals surface area contributed by atoms with Gasteiger partial charge in [0.25, 0.3) is 5.91 Å². The van der Waals surface area contributed by atoms with Gasteiger partial charge in [-0.2, -0.15) is 0 Å². The lowest BCUT2D eigenvalue weighted by molar-refractivity contribution is 0.0957. The minimum atomic E-state index is -0.230. The molecule has 2 atom stereocenters. The molecule has 0 spiro atoms. The van der Waals surface area contributed by atoms with Gasteiger partial charge in [0.1, 0.15) is 5.82 Å². The number of rotatable bonds is 4. The van der Waals surface area contributed by atoms with E-state index >= 15 is 0 Å². The molecule has 2 unspecified atom stereocenters. The molecule has 1 amide bonds. The number of amides is 1. The summed E-state index contributed by atoms with van der Waals surface area (Å²) < 4.78 is 5.49. The minimum Gasteiger partial charge on any atom is -0.378 e. The Bertz CT molecular complexity index is 407. The maximum atomic E-state index is 11.3. The molecule has 0 aromatic carbocycles. The summed E-state index contributed by atoms with van der Waals surface area (Å²) in [6, 6.07) is 3.42. The van der Waals surface area contributed by atoms with Gasteiger partial charge in [-0.05, 0) is 25.5 Å². The van der Waals surface area contributed by atoms with Crippen molar-refractivity contribution in [2.45, 2.75) is 19.4 Å². The first-order valence-electron chi connectivity index (χ1n) is 6.12. The third-order valence-electron chi connectivity index (χ3n) is 3.20. The number of hydrogen-bond acceptors (Lipinski definition) is 5. The number of carbonyl (C=O) groups is 1. The lowest BCUT2D eigenvalue weighted by Crippen LogP contribution is -2.22. The molecule has 1 aliphatic rings. The number of ether oxygens (including phenoxy) is 1. The van der Waals surface area contributed by atoms with E-state index in [2.05, 4.69) is 27.8 Å². The van der Waals surface area contributed by atoms with Crippen LogP contribution in [0.25, 0.3) is 0 Å². The molecule has 1 fully saturated rings. The van der Waals surface area contributed by atoms with Crippen LogP contribution in [0.3, 0.4) is 0 Å². The van der Waals surface area contributed by atoms with Crippen LogP contribution in [0.15, 0.2) is 12.1 Å². The maximum Gasteiger partial charge on any atom is 0.271 e. The molecular weight excluding hydrogens is 232 g/mol. The average molecular weight is 250 g/mol. The molecule has 6 heteroatoms. The molecule has 98 valence electrons. The van der Waals surface area contributed by atoms with Crippen LogP contribution in [0.5, 0.6) is 0 Å². The average Bonchev–Trinajstić information content (AvgIpc) is 2.81. The largest absolute Gasteiger partial charge is 0.378 e. The Morgan fingerprint density at radius 2 is 2.33 bits per heavy atom. The topological polar surface area (TPSA) is 76.1 Å². The lowest BCUT2D eigenvalue weighted by atomic mass is 10.0. The van der Waals surface area contributed by atoms with Gasteiger partial charge < -0.3 is 15.4 Å². The highest BCUT2D eigenvalue weighted by molar-refractivity contribution is 5.91. The zero-order chi connectivity index (χ0) is 13.0. The summed E-state index contributed by atoms with van der Waals surface area (Å²) in [4.78, 5) is 11.3. The first-order chi connectivity index (χ1) is 8.70. The Balaban J connectivity index is 1.88. The fourth-order valence-electron chi connectivity index (χ4n) is 1.96. The zero-order valence-corrected chi connectivity index (χ0v) is 10.6. The first-order valence-corrected chi connectivity index (χ1v) is 6.12. The Hall–Kier alpha value is -1.69. The summed E-state index contributed by atoms with van der Waals surface area (Å²) in [6.45, 7) is 3.73. The summed E-state index contributed by atoms with van der Waals surface area (Å²) >= 11 is 0. The quantitative estimate of drug-likeness (QED) is 0.821. The van der Waals surface area contributed by atoms with E-state index in [4.69, 9.17) is 4.74 Å². The number of carbonyl (C=O) groups excluding carboxylic acids is 1. The fraction of sp³-hybridized carbons (Fsp3) is 0.583. The molecule has 1 aliphatic heterocycles. The smallest absolute Gasteiger partial charge is 0.271 e. The van der Waals surface area contributed by atoms with Crippen LogP contribution in [-0.2, 0) is 4.74 Å². The van der Waals surface area contributed by atoms with E-state index in [1.165, 1.54) is 0 Å². The van der Waals surface area contributed by atoms with Gasteiger partial charge in [0.15, 0.2) is 5.69 Å². The van der Waals surface area contributed by atoms with Crippen LogP contribution in [0.4, 0.5) is 5.82 Å². The standard InChI is InChI=1S/C12H18N4O2/c1-8-9(5-6-18-8)7-14-11-4-3-10(15-16-11)12(17)13-2/h3-4,8-9H,5-7H2,1-2H3,(H,13,17)(H,14,16). The van der Waals surface area contributed by atoms with Crippen LogP contribution >= 0.6 is 0 Å². The Labute approximate surface area is 106 Å². The van der Waals surface area contributed by atoms with Crippen molar-refractivity contribution in [2.24, 2.45) is 5.92 Å². The van der Waals surface area contributed by atoms with Crippen LogP contribution in [0, 0.1) is 5.92 Å². The highest BCUT2D eigenvalue weighted by atomic mass is 16.5. The Morgan fingerprint density at radius 3 is 2.89 bits per heavy atom. The molecule has 2 rings (SSSR count). The van der Waals surface area contributed by atoms with Crippen LogP contribution in [0.2, 0.25) is 0 Å². The fourth-order valence-corrected chi connectivity index (χ4v) is 1.96. The number of nitrogens with one attached hydrogen (secondary N) is 2. The van der Waals surface area contributed by atoms with Crippen molar-refractivity contribution in [1.29, 1.82) is 0 Å². The third-order valence-corrected chi connectivity index (χ3v) is 3.20. The summed E-state index contributed by atoms with van der Waals surface area (Å²) in [6.07, 6.45) is 1.35. The molecule has 1 aromatic rings. The molecule has 18 heavy (non-hydrogen) atoms. The van der Waals surface area contributed by atoms with E-state index in [0.717, 1.165) is 19.6 Å². The monoisotopic (exact) mass is 250 g/mol. The normalized spacial score (nSPS) is 22.8. The lowest BCUT2D eigenvalue weighted by Gasteiger charge is -2.14. The van der Waals surface area contributed by atoms with Crippen molar-refractivity contribution in [1.82, 2.24) is 15.5 Å². The predicted molar refractivity (Wildman–Crippen MR) is 67.4 cm³/mol. The van der Waals surface area contributed by atoms with Crippen LogP contribution in [0.1, 0.15) is 23.8 Å². The Morgan fingerprint density at radius 1 is 1.50 bits per heavy atom. The maximum absolute atomic E-state index is 11.3. The van der Waals surface area contributed by atoms with Gasteiger partial charge in [0.05, 0.1) is 6.10 Å². The molecule has 1 saturated heterocycles. The van der Waals surface area contributed by atoms with Gasteiger partial charge in [0.2, 0.25) is 0 Å².